The second-order valence-corrected chi connectivity index (χ2v) is 4.08. The Balaban J connectivity index is 2.00. The summed E-state index contributed by atoms with van der Waals surface area (Å²) in [5, 5.41) is 0. The van der Waals surface area contributed by atoms with E-state index in [4.69, 9.17) is 5.73 Å². The van der Waals surface area contributed by atoms with Gasteiger partial charge in [-0.3, -0.25) is 0 Å². The first-order chi connectivity index (χ1) is 5.14. The third kappa shape index (κ3) is 0.968. The lowest BCUT2D eigenvalue weighted by atomic mass is 10.1. The Morgan fingerprint density at radius 2 is 2.36 bits per heavy atom. The van der Waals surface area contributed by atoms with Crippen LogP contribution in [-0.2, 0) is 0 Å². The quantitative estimate of drug-likeness (QED) is 0.606. The van der Waals surface area contributed by atoms with E-state index in [1.165, 1.54) is 25.1 Å². The smallest absolute Gasteiger partial charge is 0.0247 e. The number of nitrogens with zero attached hydrogens (tertiary/aromatic N) is 1. The highest BCUT2D eigenvalue weighted by Gasteiger charge is 2.55. The Kier molecular flexibility index (Phi) is 1.31. The van der Waals surface area contributed by atoms with Gasteiger partial charge in [0.05, 0.1) is 0 Å². The maximum atomic E-state index is 5.87. The van der Waals surface area contributed by atoms with Crippen LogP contribution in [0.3, 0.4) is 0 Å². The summed E-state index contributed by atoms with van der Waals surface area (Å²) in [7, 11) is 0. The highest BCUT2D eigenvalue weighted by Crippen LogP contribution is 2.51. The molecule has 2 nitrogen and oxygen atoms in total. The lowest BCUT2D eigenvalue weighted by Crippen LogP contribution is -2.21. The zero-order chi connectivity index (χ0) is 8.06. The molecular formula is C9H16N2. The molecule has 2 aliphatic rings. The van der Waals surface area contributed by atoms with Gasteiger partial charge in [-0.05, 0) is 19.8 Å². The van der Waals surface area contributed by atoms with Crippen LogP contribution in [-0.4, -0.2) is 24.0 Å². The Labute approximate surface area is 68.1 Å². The van der Waals surface area contributed by atoms with Crippen molar-refractivity contribution in [3.63, 3.8) is 0 Å². The first-order valence-corrected chi connectivity index (χ1v) is 4.30. The van der Waals surface area contributed by atoms with Gasteiger partial charge in [-0.25, -0.2) is 0 Å². The molecule has 1 saturated carbocycles. The van der Waals surface area contributed by atoms with Crippen molar-refractivity contribution < 1.29 is 0 Å². The maximum Gasteiger partial charge on any atom is 0.0247 e. The van der Waals surface area contributed by atoms with Crippen LogP contribution in [0.5, 0.6) is 0 Å². The van der Waals surface area contributed by atoms with Crippen molar-refractivity contribution in [3.05, 3.63) is 12.3 Å². The van der Waals surface area contributed by atoms with Crippen LogP contribution < -0.4 is 5.73 Å². The van der Waals surface area contributed by atoms with Crippen molar-refractivity contribution in [2.24, 2.45) is 11.1 Å². The number of allylic oxidation sites excluding steroid dienone is 1. The fourth-order valence-electron chi connectivity index (χ4n) is 2.07. The largest absolute Gasteiger partial charge is 0.375 e. The molecule has 0 aromatic carbocycles. The third-order valence-corrected chi connectivity index (χ3v) is 3.18. The molecular weight excluding hydrogens is 136 g/mol. The van der Waals surface area contributed by atoms with E-state index in [0.717, 1.165) is 6.54 Å². The van der Waals surface area contributed by atoms with Gasteiger partial charge in [0.1, 0.15) is 0 Å². The Hall–Kier alpha value is -0.500. The summed E-state index contributed by atoms with van der Waals surface area (Å²) in [5.74, 6) is 0. The Morgan fingerprint density at radius 1 is 1.73 bits per heavy atom. The van der Waals surface area contributed by atoms with E-state index < -0.39 is 0 Å². The van der Waals surface area contributed by atoms with E-state index in [2.05, 4.69) is 18.4 Å². The van der Waals surface area contributed by atoms with Crippen LogP contribution in [0.15, 0.2) is 12.3 Å². The van der Waals surface area contributed by atoms with Crippen LogP contribution in [0.4, 0.5) is 0 Å². The number of likely N-dealkylation sites (tertiary alicyclic amines) is 1. The van der Waals surface area contributed by atoms with Crippen molar-refractivity contribution >= 4 is 0 Å². The molecule has 0 radical (unpaired) electrons. The van der Waals surface area contributed by atoms with Gasteiger partial charge in [-0.15, -0.1) is 0 Å². The number of hydrogen-bond donors (Lipinski definition) is 1. The normalized spacial score (nSPS) is 41.6. The first-order valence-electron chi connectivity index (χ1n) is 4.30. The number of nitrogens with two attached hydrogens (primary N) is 1. The molecule has 0 amide bonds. The van der Waals surface area contributed by atoms with E-state index in [0.29, 0.717) is 11.5 Å². The Morgan fingerprint density at radius 3 is 2.64 bits per heavy atom. The van der Waals surface area contributed by atoms with E-state index in [-0.39, 0.29) is 0 Å². The van der Waals surface area contributed by atoms with Gasteiger partial charge in [0.2, 0.25) is 0 Å². The topological polar surface area (TPSA) is 29.3 Å². The molecule has 0 aromatic heterocycles. The van der Waals surface area contributed by atoms with Gasteiger partial charge in [0.25, 0.3) is 0 Å². The van der Waals surface area contributed by atoms with E-state index in [9.17, 15) is 0 Å². The second-order valence-electron chi connectivity index (χ2n) is 4.08. The molecule has 1 aliphatic heterocycles. The van der Waals surface area contributed by atoms with Crippen molar-refractivity contribution in [3.8, 4) is 0 Å². The molecule has 1 spiro atoms. The molecule has 2 unspecified atom stereocenters. The Bertz CT molecular complexity index is 200. The highest BCUT2D eigenvalue weighted by atomic mass is 15.2. The van der Waals surface area contributed by atoms with Crippen LogP contribution in [0.2, 0.25) is 0 Å². The van der Waals surface area contributed by atoms with E-state index in [1.807, 2.05) is 0 Å². The number of hydrogen-bond acceptors (Lipinski definition) is 2. The molecule has 0 aromatic rings. The monoisotopic (exact) mass is 152 g/mol. The molecule has 0 bridgehead atoms. The summed E-state index contributed by atoms with van der Waals surface area (Å²) in [6, 6.07) is 0.479. The molecule has 1 saturated heterocycles. The predicted molar refractivity (Wildman–Crippen MR) is 46.0 cm³/mol. The lowest BCUT2D eigenvalue weighted by molar-refractivity contribution is 0.395. The van der Waals surface area contributed by atoms with Crippen LogP contribution in [0.1, 0.15) is 19.8 Å². The molecule has 2 fully saturated rings. The molecule has 2 N–H and O–H groups in total. The average Bonchev–Trinajstić information content (AvgIpc) is 2.44. The minimum absolute atomic E-state index is 0.479. The molecule has 2 atom stereocenters. The van der Waals surface area contributed by atoms with Crippen molar-refractivity contribution in [2.75, 3.05) is 13.1 Å². The highest BCUT2D eigenvalue weighted by molar-refractivity contribution is 5.13. The van der Waals surface area contributed by atoms with Crippen LogP contribution >= 0.6 is 0 Å². The zero-order valence-corrected chi connectivity index (χ0v) is 7.14. The first kappa shape index (κ1) is 7.17. The fourth-order valence-corrected chi connectivity index (χ4v) is 2.07. The molecule has 2 rings (SSSR count). The summed E-state index contributed by atoms with van der Waals surface area (Å²) in [6.07, 6.45) is 2.51. The fraction of sp³-hybridized carbons (Fsp3) is 0.778. The summed E-state index contributed by atoms with van der Waals surface area (Å²) >= 11 is 0. The summed E-state index contributed by atoms with van der Waals surface area (Å²) in [4.78, 5) is 2.35. The van der Waals surface area contributed by atoms with Crippen molar-refractivity contribution in [1.82, 2.24) is 4.90 Å². The van der Waals surface area contributed by atoms with Crippen LogP contribution in [0.25, 0.3) is 0 Å². The summed E-state index contributed by atoms with van der Waals surface area (Å²) < 4.78 is 0. The maximum absolute atomic E-state index is 5.87. The molecule has 1 heterocycles. The van der Waals surface area contributed by atoms with Gasteiger partial charge in [-0.1, -0.05) is 6.58 Å². The van der Waals surface area contributed by atoms with Gasteiger partial charge in [-0.2, -0.15) is 0 Å². The van der Waals surface area contributed by atoms with Crippen molar-refractivity contribution in [1.29, 1.82) is 0 Å². The van der Waals surface area contributed by atoms with Crippen molar-refractivity contribution in [2.45, 2.75) is 25.8 Å². The molecule has 11 heavy (non-hydrogen) atoms. The molecule has 1 aliphatic carbocycles. The average molecular weight is 152 g/mol. The van der Waals surface area contributed by atoms with E-state index in [1.54, 1.807) is 0 Å². The molecule has 62 valence electrons. The van der Waals surface area contributed by atoms with Crippen LogP contribution in [0, 0.1) is 5.41 Å². The van der Waals surface area contributed by atoms with E-state index >= 15 is 0 Å². The van der Waals surface area contributed by atoms with Gasteiger partial charge < -0.3 is 10.6 Å². The van der Waals surface area contributed by atoms with Gasteiger partial charge >= 0.3 is 0 Å². The van der Waals surface area contributed by atoms with Gasteiger partial charge in [0.15, 0.2) is 0 Å². The second kappa shape index (κ2) is 2.01. The summed E-state index contributed by atoms with van der Waals surface area (Å²) in [5.41, 5.74) is 7.56. The third-order valence-electron chi connectivity index (χ3n) is 3.18. The zero-order valence-electron chi connectivity index (χ0n) is 7.14. The minimum atomic E-state index is 0.479. The van der Waals surface area contributed by atoms with Gasteiger partial charge in [0, 0.05) is 30.2 Å². The lowest BCUT2D eigenvalue weighted by Gasteiger charge is -2.17. The summed E-state index contributed by atoms with van der Waals surface area (Å²) in [6.45, 7) is 8.34. The number of rotatable bonds is 1. The standard InChI is InChI=1S/C9H16N2/c1-7(2)11-4-3-9(6-11)5-8(9)10/h8H,1,3-6,10H2,2H3. The molecule has 2 heteroatoms. The predicted octanol–water partition coefficient (Wildman–Crippen LogP) is 0.943. The minimum Gasteiger partial charge on any atom is -0.375 e. The SMILES string of the molecule is C=C(C)N1CCC2(CC2N)C1.